The van der Waals surface area contributed by atoms with Crippen molar-refractivity contribution < 1.29 is 14.7 Å². The Balaban J connectivity index is 3.01. The highest BCUT2D eigenvalue weighted by Gasteiger charge is 2.23. The van der Waals surface area contributed by atoms with Crippen LogP contribution in [-0.4, -0.2) is 16.9 Å². The van der Waals surface area contributed by atoms with Crippen LogP contribution in [-0.2, 0) is 11.2 Å². The Kier molecular flexibility index (Phi) is 4.44. The monoisotopic (exact) mass is 234 g/mol. The third kappa shape index (κ3) is 3.41. The van der Waals surface area contributed by atoms with Crippen molar-refractivity contribution >= 4 is 11.8 Å². The van der Waals surface area contributed by atoms with Gasteiger partial charge in [-0.2, -0.15) is 0 Å². The molecule has 0 amide bonds. The lowest BCUT2D eigenvalue weighted by molar-refractivity contribution is -0.143. The van der Waals surface area contributed by atoms with Gasteiger partial charge in [-0.1, -0.05) is 38.1 Å². The van der Waals surface area contributed by atoms with Crippen molar-refractivity contribution in [2.24, 2.45) is 11.8 Å². The summed E-state index contributed by atoms with van der Waals surface area (Å²) < 4.78 is 0. The van der Waals surface area contributed by atoms with Crippen LogP contribution in [0.3, 0.4) is 0 Å². The van der Waals surface area contributed by atoms with Gasteiger partial charge in [0.2, 0.25) is 0 Å². The minimum atomic E-state index is -0.807. The van der Waals surface area contributed by atoms with E-state index in [2.05, 4.69) is 0 Å². The standard InChI is InChI=1S/C14H18O3/c1-9(2)13(14(16)17)8-11-6-4-5-7-12(11)10(3)15/h4-7,9,13H,8H2,1-3H3,(H,16,17)/t13-/m0/s1. The van der Waals surface area contributed by atoms with Crippen LogP contribution in [0, 0.1) is 11.8 Å². The van der Waals surface area contributed by atoms with Crippen molar-refractivity contribution in [3.05, 3.63) is 35.4 Å². The molecule has 92 valence electrons. The second-order valence-corrected chi connectivity index (χ2v) is 4.61. The average Bonchev–Trinajstić information content (AvgIpc) is 2.25. The fourth-order valence-corrected chi connectivity index (χ4v) is 1.89. The molecule has 1 aromatic rings. The Bertz CT molecular complexity index is 421. The van der Waals surface area contributed by atoms with E-state index in [1.807, 2.05) is 26.0 Å². The first-order valence-electron chi connectivity index (χ1n) is 5.75. The highest BCUT2D eigenvalue weighted by Crippen LogP contribution is 2.20. The molecule has 0 bridgehead atoms. The fraction of sp³-hybridized carbons (Fsp3) is 0.429. The first kappa shape index (κ1) is 13.4. The molecule has 3 nitrogen and oxygen atoms in total. The second kappa shape index (κ2) is 5.62. The van der Waals surface area contributed by atoms with Crippen LogP contribution in [0.15, 0.2) is 24.3 Å². The number of hydrogen-bond donors (Lipinski definition) is 1. The van der Waals surface area contributed by atoms with Gasteiger partial charge in [0.1, 0.15) is 0 Å². The van der Waals surface area contributed by atoms with E-state index >= 15 is 0 Å². The number of carbonyl (C=O) groups excluding carboxylic acids is 1. The Morgan fingerprint density at radius 2 is 1.82 bits per heavy atom. The maximum absolute atomic E-state index is 11.4. The SMILES string of the molecule is CC(=O)c1ccccc1C[C@H](C(=O)O)C(C)C. The molecule has 0 radical (unpaired) electrons. The molecule has 0 saturated carbocycles. The summed E-state index contributed by atoms with van der Waals surface area (Å²) in [4.78, 5) is 22.6. The minimum Gasteiger partial charge on any atom is -0.481 e. The van der Waals surface area contributed by atoms with E-state index in [1.165, 1.54) is 6.92 Å². The fourth-order valence-electron chi connectivity index (χ4n) is 1.89. The molecular weight excluding hydrogens is 216 g/mol. The van der Waals surface area contributed by atoms with Gasteiger partial charge in [0.15, 0.2) is 5.78 Å². The summed E-state index contributed by atoms with van der Waals surface area (Å²) >= 11 is 0. The Morgan fingerprint density at radius 3 is 2.29 bits per heavy atom. The number of benzene rings is 1. The number of carbonyl (C=O) groups is 2. The van der Waals surface area contributed by atoms with E-state index in [0.717, 1.165) is 5.56 Å². The minimum absolute atomic E-state index is 0.0199. The molecule has 0 heterocycles. The quantitative estimate of drug-likeness (QED) is 0.797. The maximum Gasteiger partial charge on any atom is 0.307 e. The average molecular weight is 234 g/mol. The smallest absolute Gasteiger partial charge is 0.307 e. The number of hydrogen-bond acceptors (Lipinski definition) is 2. The van der Waals surface area contributed by atoms with Gasteiger partial charge in [-0.3, -0.25) is 9.59 Å². The van der Waals surface area contributed by atoms with E-state index in [0.29, 0.717) is 12.0 Å². The molecule has 0 saturated heterocycles. The summed E-state index contributed by atoms with van der Waals surface area (Å²) in [6, 6.07) is 7.21. The molecule has 0 spiro atoms. The molecule has 0 aliphatic carbocycles. The molecule has 1 aromatic carbocycles. The van der Waals surface area contributed by atoms with E-state index in [-0.39, 0.29) is 11.7 Å². The Morgan fingerprint density at radius 1 is 1.24 bits per heavy atom. The van der Waals surface area contributed by atoms with Gasteiger partial charge in [-0.25, -0.2) is 0 Å². The molecule has 0 fully saturated rings. The first-order chi connectivity index (χ1) is 7.93. The van der Waals surface area contributed by atoms with E-state index < -0.39 is 11.9 Å². The number of aliphatic carboxylic acids is 1. The summed E-state index contributed by atoms with van der Waals surface area (Å²) in [5, 5.41) is 9.15. The van der Waals surface area contributed by atoms with Crippen LogP contribution in [0.4, 0.5) is 0 Å². The zero-order valence-electron chi connectivity index (χ0n) is 10.4. The van der Waals surface area contributed by atoms with Crippen LogP contribution in [0.2, 0.25) is 0 Å². The van der Waals surface area contributed by atoms with Crippen molar-refractivity contribution in [3.63, 3.8) is 0 Å². The Labute approximate surface area is 101 Å². The zero-order chi connectivity index (χ0) is 13.0. The number of ketones is 1. The topological polar surface area (TPSA) is 54.4 Å². The van der Waals surface area contributed by atoms with Gasteiger partial charge in [0.25, 0.3) is 0 Å². The lowest BCUT2D eigenvalue weighted by Crippen LogP contribution is -2.23. The highest BCUT2D eigenvalue weighted by atomic mass is 16.4. The van der Waals surface area contributed by atoms with Crippen molar-refractivity contribution in [2.45, 2.75) is 27.2 Å². The van der Waals surface area contributed by atoms with Crippen LogP contribution < -0.4 is 0 Å². The maximum atomic E-state index is 11.4. The third-order valence-electron chi connectivity index (χ3n) is 2.96. The zero-order valence-corrected chi connectivity index (χ0v) is 10.4. The van der Waals surface area contributed by atoms with Crippen molar-refractivity contribution in [1.29, 1.82) is 0 Å². The number of Topliss-reactive ketones (excluding diaryl/α,β-unsaturated/α-hetero) is 1. The summed E-state index contributed by atoms with van der Waals surface area (Å²) in [6.07, 6.45) is 0.406. The summed E-state index contributed by atoms with van der Waals surface area (Å²) in [6.45, 7) is 5.27. The number of rotatable bonds is 5. The van der Waals surface area contributed by atoms with Gasteiger partial charge in [-0.05, 0) is 24.8 Å². The highest BCUT2D eigenvalue weighted by molar-refractivity contribution is 5.95. The largest absolute Gasteiger partial charge is 0.481 e. The third-order valence-corrected chi connectivity index (χ3v) is 2.96. The molecule has 0 aliphatic heterocycles. The molecule has 3 heteroatoms. The summed E-state index contributed by atoms with van der Waals surface area (Å²) in [5.74, 6) is -1.23. The van der Waals surface area contributed by atoms with Crippen LogP contribution in [0.5, 0.6) is 0 Å². The molecule has 1 N–H and O–H groups in total. The van der Waals surface area contributed by atoms with Gasteiger partial charge in [-0.15, -0.1) is 0 Å². The normalized spacial score (nSPS) is 12.5. The first-order valence-corrected chi connectivity index (χ1v) is 5.75. The molecule has 1 atom stereocenters. The van der Waals surface area contributed by atoms with E-state index in [4.69, 9.17) is 5.11 Å². The molecule has 17 heavy (non-hydrogen) atoms. The predicted octanol–water partition coefficient (Wildman–Crippen LogP) is 2.79. The lowest BCUT2D eigenvalue weighted by Gasteiger charge is -2.17. The molecular formula is C14H18O3. The molecule has 1 rings (SSSR count). The molecule has 0 aliphatic rings. The predicted molar refractivity (Wildman–Crippen MR) is 66.1 cm³/mol. The van der Waals surface area contributed by atoms with Crippen LogP contribution >= 0.6 is 0 Å². The van der Waals surface area contributed by atoms with Gasteiger partial charge in [0.05, 0.1) is 5.92 Å². The summed E-state index contributed by atoms with van der Waals surface area (Å²) in [5.41, 5.74) is 1.44. The van der Waals surface area contributed by atoms with E-state index in [1.54, 1.807) is 12.1 Å². The van der Waals surface area contributed by atoms with Gasteiger partial charge >= 0.3 is 5.97 Å². The van der Waals surface area contributed by atoms with Crippen molar-refractivity contribution in [1.82, 2.24) is 0 Å². The van der Waals surface area contributed by atoms with Crippen LogP contribution in [0.25, 0.3) is 0 Å². The van der Waals surface area contributed by atoms with Gasteiger partial charge in [0, 0.05) is 5.56 Å². The molecule has 0 unspecified atom stereocenters. The van der Waals surface area contributed by atoms with Crippen LogP contribution in [0.1, 0.15) is 36.7 Å². The van der Waals surface area contributed by atoms with Crippen molar-refractivity contribution in [2.75, 3.05) is 0 Å². The summed E-state index contributed by atoms with van der Waals surface area (Å²) in [7, 11) is 0. The lowest BCUT2D eigenvalue weighted by atomic mass is 9.87. The van der Waals surface area contributed by atoms with E-state index in [9.17, 15) is 9.59 Å². The molecule has 0 aromatic heterocycles. The Hall–Kier alpha value is -1.64. The number of carboxylic acid groups (broad SMARTS) is 1. The van der Waals surface area contributed by atoms with Gasteiger partial charge < -0.3 is 5.11 Å². The second-order valence-electron chi connectivity index (χ2n) is 4.61. The van der Waals surface area contributed by atoms with Crippen molar-refractivity contribution in [3.8, 4) is 0 Å². The number of carboxylic acids is 1.